The van der Waals surface area contributed by atoms with Gasteiger partial charge in [0.05, 0.1) is 13.2 Å². The largest absolute Gasteiger partial charge is 0.497 e. The Morgan fingerprint density at radius 1 is 1.14 bits per heavy atom. The predicted octanol–water partition coefficient (Wildman–Crippen LogP) is 4.36. The number of fused-ring (bicyclic) bond motifs is 1. The van der Waals surface area contributed by atoms with Crippen LogP contribution in [-0.4, -0.2) is 42.5 Å². The number of hydrogen-bond acceptors (Lipinski definition) is 3. The molecule has 29 heavy (non-hydrogen) atoms. The van der Waals surface area contributed by atoms with Crippen LogP contribution in [0.15, 0.2) is 42.5 Å². The fourth-order valence-corrected chi connectivity index (χ4v) is 4.23. The number of hydrogen-bond donors (Lipinski definition) is 2. The normalized spacial score (nSPS) is 15.6. The second-order valence-corrected chi connectivity index (χ2v) is 7.88. The van der Waals surface area contributed by atoms with E-state index in [2.05, 4.69) is 41.2 Å². The first-order chi connectivity index (χ1) is 14.1. The molecule has 1 aromatic heterocycles. The summed E-state index contributed by atoms with van der Waals surface area (Å²) in [5.74, 6) is 0.825. The SMILES string of the molecule is COc1ccc([C@H](CNC(=O)c2ccc3[nH]c(C)c(C)c3c2)N2CCCC2)cc1. The highest BCUT2D eigenvalue weighted by molar-refractivity contribution is 5.99. The minimum atomic E-state index is -0.0251. The molecule has 4 rings (SSSR count). The van der Waals surface area contributed by atoms with Gasteiger partial charge in [-0.1, -0.05) is 12.1 Å². The third-order valence-corrected chi connectivity index (χ3v) is 6.11. The van der Waals surface area contributed by atoms with Gasteiger partial charge in [-0.05, 0) is 81.2 Å². The number of benzene rings is 2. The molecule has 2 heterocycles. The number of carbonyl (C=O) groups is 1. The Bertz CT molecular complexity index is 1000. The molecule has 0 saturated carbocycles. The van der Waals surface area contributed by atoms with E-state index in [1.165, 1.54) is 24.0 Å². The second-order valence-electron chi connectivity index (χ2n) is 7.88. The Morgan fingerprint density at radius 2 is 1.86 bits per heavy atom. The third-order valence-electron chi connectivity index (χ3n) is 6.11. The summed E-state index contributed by atoms with van der Waals surface area (Å²) < 4.78 is 5.29. The Hall–Kier alpha value is -2.79. The lowest BCUT2D eigenvalue weighted by molar-refractivity contribution is 0.0938. The summed E-state index contributed by atoms with van der Waals surface area (Å²) in [5.41, 5.74) is 5.33. The minimum Gasteiger partial charge on any atom is -0.497 e. The number of nitrogens with zero attached hydrogens (tertiary/aromatic N) is 1. The van der Waals surface area contributed by atoms with Gasteiger partial charge in [-0.3, -0.25) is 9.69 Å². The highest BCUT2D eigenvalue weighted by Crippen LogP contribution is 2.27. The van der Waals surface area contributed by atoms with Crippen LogP contribution in [-0.2, 0) is 0 Å². The number of ether oxygens (including phenoxy) is 1. The Balaban J connectivity index is 1.51. The molecule has 1 aliphatic heterocycles. The lowest BCUT2D eigenvalue weighted by Crippen LogP contribution is -2.36. The van der Waals surface area contributed by atoms with E-state index >= 15 is 0 Å². The zero-order valence-electron chi connectivity index (χ0n) is 17.4. The smallest absolute Gasteiger partial charge is 0.251 e. The number of aryl methyl sites for hydroxylation is 2. The van der Waals surface area contributed by atoms with Crippen molar-refractivity contribution < 1.29 is 9.53 Å². The summed E-state index contributed by atoms with van der Waals surface area (Å²) in [4.78, 5) is 18.7. The standard InChI is InChI=1S/C24H29N3O2/c1-16-17(2)26-22-11-8-19(14-21(16)22)24(28)25-15-23(27-12-4-5-13-27)18-6-9-20(29-3)10-7-18/h6-11,14,23,26H,4-5,12-13,15H2,1-3H3,(H,25,28)/t23-/m0/s1. The molecule has 1 fully saturated rings. The van der Waals surface area contributed by atoms with Crippen LogP contribution < -0.4 is 10.1 Å². The Kier molecular flexibility index (Phi) is 5.58. The molecule has 0 spiro atoms. The van der Waals surface area contributed by atoms with Crippen molar-refractivity contribution in [2.75, 3.05) is 26.7 Å². The first kappa shape index (κ1) is 19.5. The molecule has 3 aromatic rings. The maximum atomic E-state index is 12.9. The fourth-order valence-electron chi connectivity index (χ4n) is 4.23. The van der Waals surface area contributed by atoms with Crippen molar-refractivity contribution in [2.24, 2.45) is 0 Å². The molecular weight excluding hydrogens is 362 g/mol. The van der Waals surface area contributed by atoms with E-state index < -0.39 is 0 Å². The van der Waals surface area contributed by atoms with Crippen LogP contribution in [0.1, 0.15) is 46.1 Å². The van der Waals surface area contributed by atoms with Gasteiger partial charge in [0, 0.05) is 28.7 Å². The van der Waals surface area contributed by atoms with E-state index in [4.69, 9.17) is 4.74 Å². The van der Waals surface area contributed by atoms with Gasteiger partial charge >= 0.3 is 0 Å². The van der Waals surface area contributed by atoms with E-state index in [1.807, 2.05) is 30.3 Å². The molecule has 0 radical (unpaired) electrons. The second kappa shape index (κ2) is 8.29. The topological polar surface area (TPSA) is 57.4 Å². The van der Waals surface area contributed by atoms with Gasteiger partial charge in [0.25, 0.3) is 5.91 Å². The van der Waals surface area contributed by atoms with Gasteiger partial charge < -0.3 is 15.0 Å². The first-order valence-corrected chi connectivity index (χ1v) is 10.3. The molecule has 1 atom stereocenters. The van der Waals surface area contributed by atoms with Crippen molar-refractivity contribution in [1.29, 1.82) is 0 Å². The van der Waals surface area contributed by atoms with Crippen molar-refractivity contribution in [2.45, 2.75) is 32.7 Å². The Labute approximate surface area is 172 Å². The average molecular weight is 392 g/mol. The van der Waals surface area contributed by atoms with Gasteiger partial charge in [-0.25, -0.2) is 0 Å². The molecule has 5 nitrogen and oxygen atoms in total. The van der Waals surface area contributed by atoms with Gasteiger partial charge in [0.1, 0.15) is 5.75 Å². The van der Waals surface area contributed by atoms with Gasteiger partial charge in [0.2, 0.25) is 0 Å². The molecule has 1 saturated heterocycles. The van der Waals surface area contributed by atoms with Crippen molar-refractivity contribution in [3.8, 4) is 5.75 Å². The van der Waals surface area contributed by atoms with E-state index in [0.29, 0.717) is 12.1 Å². The first-order valence-electron chi connectivity index (χ1n) is 10.3. The predicted molar refractivity (Wildman–Crippen MR) is 117 cm³/mol. The summed E-state index contributed by atoms with van der Waals surface area (Å²) in [5, 5.41) is 4.28. The summed E-state index contributed by atoms with van der Waals surface area (Å²) in [6.07, 6.45) is 2.42. The molecule has 5 heteroatoms. The molecule has 2 N–H and O–H groups in total. The lowest BCUT2D eigenvalue weighted by Gasteiger charge is -2.28. The van der Waals surface area contributed by atoms with Crippen LogP contribution in [0.5, 0.6) is 5.75 Å². The van der Waals surface area contributed by atoms with Crippen molar-refractivity contribution in [1.82, 2.24) is 15.2 Å². The number of rotatable bonds is 6. The number of amides is 1. The number of H-pyrrole nitrogens is 1. The number of likely N-dealkylation sites (tertiary alicyclic amines) is 1. The van der Waals surface area contributed by atoms with Crippen LogP contribution in [0.25, 0.3) is 10.9 Å². The number of nitrogens with one attached hydrogen (secondary N) is 2. The highest BCUT2D eigenvalue weighted by atomic mass is 16.5. The quantitative estimate of drug-likeness (QED) is 0.656. The lowest BCUT2D eigenvalue weighted by atomic mass is 10.0. The fraction of sp³-hybridized carbons (Fsp3) is 0.375. The molecule has 152 valence electrons. The summed E-state index contributed by atoms with van der Waals surface area (Å²) in [6.45, 7) is 6.88. The number of aromatic nitrogens is 1. The highest BCUT2D eigenvalue weighted by Gasteiger charge is 2.24. The summed E-state index contributed by atoms with van der Waals surface area (Å²) >= 11 is 0. The number of carbonyl (C=O) groups excluding carboxylic acids is 1. The van der Waals surface area contributed by atoms with Crippen molar-refractivity contribution >= 4 is 16.8 Å². The van der Waals surface area contributed by atoms with E-state index in [-0.39, 0.29) is 11.9 Å². The Morgan fingerprint density at radius 3 is 2.55 bits per heavy atom. The van der Waals surface area contributed by atoms with Crippen LogP contribution in [0.3, 0.4) is 0 Å². The van der Waals surface area contributed by atoms with E-state index in [1.54, 1.807) is 7.11 Å². The molecule has 0 aliphatic carbocycles. The molecular formula is C24H29N3O2. The van der Waals surface area contributed by atoms with Crippen LogP contribution in [0.4, 0.5) is 0 Å². The maximum absolute atomic E-state index is 12.9. The monoisotopic (exact) mass is 391 g/mol. The maximum Gasteiger partial charge on any atom is 0.251 e. The van der Waals surface area contributed by atoms with E-state index in [9.17, 15) is 4.79 Å². The molecule has 1 aliphatic rings. The third kappa shape index (κ3) is 4.01. The molecule has 0 bridgehead atoms. The number of methoxy groups -OCH3 is 1. The average Bonchev–Trinajstić information content (AvgIpc) is 3.37. The van der Waals surface area contributed by atoms with Gasteiger partial charge in [-0.15, -0.1) is 0 Å². The summed E-state index contributed by atoms with van der Waals surface area (Å²) in [6, 6.07) is 14.2. The zero-order valence-corrected chi connectivity index (χ0v) is 17.4. The van der Waals surface area contributed by atoms with Crippen LogP contribution in [0, 0.1) is 13.8 Å². The van der Waals surface area contributed by atoms with Crippen molar-refractivity contribution in [3.05, 3.63) is 64.8 Å². The van der Waals surface area contributed by atoms with E-state index in [0.717, 1.165) is 35.4 Å². The van der Waals surface area contributed by atoms with Crippen molar-refractivity contribution in [3.63, 3.8) is 0 Å². The van der Waals surface area contributed by atoms with Gasteiger partial charge in [-0.2, -0.15) is 0 Å². The molecule has 1 amide bonds. The molecule has 0 unspecified atom stereocenters. The van der Waals surface area contributed by atoms with Crippen LogP contribution in [0.2, 0.25) is 0 Å². The summed E-state index contributed by atoms with van der Waals surface area (Å²) in [7, 11) is 1.68. The zero-order chi connectivity index (χ0) is 20.4. The van der Waals surface area contributed by atoms with Crippen LogP contribution >= 0.6 is 0 Å². The molecule has 2 aromatic carbocycles. The minimum absolute atomic E-state index is 0.0251. The number of aromatic amines is 1. The van der Waals surface area contributed by atoms with Gasteiger partial charge in [0.15, 0.2) is 0 Å².